The van der Waals surface area contributed by atoms with Crippen LogP contribution in [0.4, 0.5) is 0 Å². The molecule has 112 valence electrons. The zero-order chi connectivity index (χ0) is 13.9. The van der Waals surface area contributed by atoms with Gasteiger partial charge in [-0.2, -0.15) is 0 Å². The largest absolute Gasteiger partial charge is 0.330 e. The molecule has 3 rings (SSSR count). The van der Waals surface area contributed by atoms with Crippen molar-refractivity contribution in [3.8, 4) is 0 Å². The molecule has 3 nitrogen and oxygen atoms in total. The van der Waals surface area contributed by atoms with E-state index in [4.69, 9.17) is 4.98 Å². The van der Waals surface area contributed by atoms with Crippen LogP contribution in [0.1, 0.15) is 69.8 Å². The SMILES string of the molecule is CCCNC1CCC(C)CC1n1cnc2c1CCCC2. The molecule has 0 amide bonds. The summed E-state index contributed by atoms with van der Waals surface area (Å²) in [5, 5.41) is 3.79. The average Bonchev–Trinajstić information content (AvgIpc) is 2.90. The lowest BCUT2D eigenvalue weighted by Crippen LogP contribution is -2.42. The third-order valence-corrected chi connectivity index (χ3v) is 5.15. The third kappa shape index (κ3) is 2.78. The predicted molar refractivity (Wildman–Crippen MR) is 83.0 cm³/mol. The molecule has 0 aliphatic heterocycles. The summed E-state index contributed by atoms with van der Waals surface area (Å²) in [7, 11) is 0. The zero-order valence-corrected chi connectivity index (χ0v) is 13.1. The normalized spacial score (nSPS) is 30.2. The highest BCUT2D eigenvalue weighted by Crippen LogP contribution is 2.35. The maximum Gasteiger partial charge on any atom is 0.0954 e. The van der Waals surface area contributed by atoms with Crippen LogP contribution >= 0.6 is 0 Å². The lowest BCUT2D eigenvalue weighted by molar-refractivity contribution is 0.212. The Bertz CT molecular complexity index is 435. The fraction of sp³-hybridized carbons (Fsp3) is 0.824. The number of hydrogen-bond acceptors (Lipinski definition) is 2. The van der Waals surface area contributed by atoms with Crippen molar-refractivity contribution in [2.45, 2.75) is 77.3 Å². The smallest absolute Gasteiger partial charge is 0.0954 e. The van der Waals surface area contributed by atoms with E-state index in [1.165, 1.54) is 57.1 Å². The van der Waals surface area contributed by atoms with Gasteiger partial charge < -0.3 is 9.88 Å². The molecule has 0 spiro atoms. The van der Waals surface area contributed by atoms with E-state index in [9.17, 15) is 0 Å². The first-order valence-corrected chi connectivity index (χ1v) is 8.57. The van der Waals surface area contributed by atoms with Gasteiger partial charge in [0.1, 0.15) is 0 Å². The summed E-state index contributed by atoms with van der Waals surface area (Å²) in [6.07, 6.45) is 12.5. The maximum atomic E-state index is 4.71. The zero-order valence-electron chi connectivity index (χ0n) is 13.1. The molecule has 0 bridgehead atoms. The second kappa shape index (κ2) is 6.30. The molecule has 0 saturated heterocycles. The molecule has 1 fully saturated rings. The van der Waals surface area contributed by atoms with E-state index in [1.807, 2.05) is 0 Å². The Hall–Kier alpha value is -0.830. The second-order valence-electron chi connectivity index (χ2n) is 6.80. The van der Waals surface area contributed by atoms with Crippen molar-refractivity contribution in [1.29, 1.82) is 0 Å². The molecule has 1 heterocycles. The molecule has 0 radical (unpaired) electrons. The molecule has 1 aromatic rings. The number of aryl methyl sites for hydroxylation is 1. The van der Waals surface area contributed by atoms with Crippen LogP contribution in [0, 0.1) is 5.92 Å². The molecular weight excluding hydrogens is 246 g/mol. The van der Waals surface area contributed by atoms with Crippen LogP contribution in [0.2, 0.25) is 0 Å². The Labute approximate surface area is 123 Å². The summed E-state index contributed by atoms with van der Waals surface area (Å²) in [5.41, 5.74) is 2.92. The number of nitrogens with one attached hydrogen (secondary N) is 1. The van der Waals surface area contributed by atoms with E-state index in [1.54, 1.807) is 5.69 Å². The first kappa shape index (κ1) is 14.1. The van der Waals surface area contributed by atoms with Gasteiger partial charge >= 0.3 is 0 Å². The molecule has 0 aromatic carbocycles. The highest BCUT2D eigenvalue weighted by Gasteiger charge is 2.31. The second-order valence-corrected chi connectivity index (χ2v) is 6.80. The first-order valence-electron chi connectivity index (χ1n) is 8.57. The van der Waals surface area contributed by atoms with Crippen LogP contribution in [0.3, 0.4) is 0 Å². The van der Waals surface area contributed by atoms with Crippen molar-refractivity contribution in [2.24, 2.45) is 5.92 Å². The van der Waals surface area contributed by atoms with E-state index < -0.39 is 0 Å². The summed E-state index contributed by atoms with van der Waals surface area (Å²) in [5.74, 6) is 0.848. The van der Waals surface area contributed by atoms with Crippen LogP contribution in [-0.4, -0.2) is 22.1 Å². The fourth-order valence-electron chi connectivity index (χ4n) is 4.00. The van der Waals surface area contributed by atoms with Gasteiger partial charge in [0.2, 0.25) is 0 Å². The van der Waals surface area contributed by atoms with Crippen molar-refractivity contribution in [1.82, 2.24) is 14.9 Å². The summed E-state index contributed by atoms with van der Waals surface area (Å²) in [6, 6.07) is 1.27. The lowest BCUT2D eigenvalue weighted by atomic mass is 9.82. The molecule has 1 N–H and O–H groups in total. The topological polar surface area (TPSA) is 29.9 Å². The van der Waals surface area contributed by atoms with Crippen LogP contribution in [0.15, 0.2) is 6.33 Å². The minimum atomic E-state index is 0.625. The van der Waals surface area contributed by atoms with Gasteiger partial charge in [0.15, 0.2) is 0 Å². The van der Waals surface area contributed by atoms with Crippen molar-refractivity contribution < 1.29 is 0 Å². The van der Waals surface area contributed by atoms with E-state index >= 15 is 0 Å². The summed E-state index contributed by atoms with van der Waals surface area (Å²) in [6.45, 7) is 5.81. The molecule has 20 heavy (non-hydrogen) atoms. The van der Waals surface area contributed by atoms with Crippen LogP contribution < -0.4 is 5.32 Å². The van der Waals surface area contributed by atoms with Gasteiger partial charge in [0, 0.05) is 11.7 Å². The Kier molecular flexibility index (Phi) is 4.45. The van der Waals surface area contributed by atoms with Crippen molar-refractivity contribution >= 4 is 0 Å². The molecule has 1 saturated carbocycles. The summed E-state index contributed by atoms with van der Waals surface area (Å²) in [4.78, 5) is 4.71. The quantitative estimate of drug-likeness (QED) is 0.911. The monoisotopic (exact) mass is 275 g/mol. The van der Waals surface area contributed by atoms with Gasteiger partial charge in [-0.1, -0.05) is 13.8 Å². The number of imidazole rings is 1. The molecule has 2 aliphatic rings. The third-order valence-electron chi connectivity index (χ3n) is 5.15. The number of fused-ring (bicyclic) bond motifs is 1. The maximum absolute atomic E-state index is 4.71. The molecule has 2 aliphatic carbocycles. The minimum absolute atomic E-state index is 0.625. The predicted octanol–water partition coefficient (Wildman–Crippen LogP) is 3.49. The molecule has 3 atom stereocenters. The van der Waals surface area contributed by atoms with Gasteiger partial charge in [-0.25, -0.2) is 4.98 Å². The van der Waals surface area contributed by atoms with Crippen molar-refractivity contribution in [3.05, 3.63) is 17.7 Å². The van der Waals surface area contributed by atoms with Gasteiger partial charge in [-0.3, -0.25) is 0 Å². The van der Waals surface area contributed by atoms with Gasteiger partial charge in [0.25, 0.3) is 0 Å². The highest BCUT2D eigenvalue weighted by molar-refractivity contribution is 5.18. The number of nitrogens with zero attached hydrogens (tertiary/aromatic N) is 2. The Balaban J connectivity index is 1.82. The standard InChI is InChI=1S/C17H29N3/c1-3-10-18-15-9-8-13(2)11-17(15)20-12-19-14-6-4-5-7-16(14)20/h12-13,15,17-18H,3-11H2,1-2H3. The molecule has 3 heteroatoms. The number of rotatable bonds is 4. The summed E-state index contributed by atoms with van der Waals surface area (Å²) < 4.78 is 2.54. The average molecular weight is 275 g/mol. The van der Waals surface area contributed by atoms with E-state index in [2.05, 4.69) is 30.1 Å². The van der Waals surface area contributed by atoms with Gasteiger partial charge in [-0.15, -0.1) is 0 Å². The molecule has 3 unspecified atom stereocenters. The number of hydrogen-bond donors (Lipinski definition) is 1. The highest BCUT2D eigenvalue weighted by atomic mass is 15.1. The molecular formula is C17H29N3. The van der Waals surface area contributed by atoms with Crippen LogP contribution in [0.25, 0.3) is 0 Å². The van der Waals surface area contributed by atoms with Gasteiger partial charge in [-0.05, 0) is 63.8 Å². The first-order chi connectivity index (χ1) is 9.79. The number of aromatic nitrogens is 2. The Morgan fingerprint density at radius 3 is 3.00 bits per heavy atom. The van der Waals surface area contributed by atoms with Crippen molar-refractivity contribution in [2.75, 3.05) is 6.54 Å². The van der Waals surface area contributed by atoms with Crippen LogP contribution in [0.5, 0.6) is 0 Å². The summed E-state index contributed by atoms with van der Waals surface area (Å²) >= 11 is 0. The van der Waals surface area contributed by atoms with E-state index in [0.29, 0.717) is 12.1 Å². The Morgan fingerprint density at radius 1 is 1.30 bits per heavy atom. The molecule has 1 aromatic heterocycles. The fourth-order valence-corrected chi connectivity index (χ4v) is 4.00. The van der Waals surface area contributed by atoms with Gasteiger partial charge in [0.05, 0.1) is 18.1 Å². The van der Waals surface area contributed by atoms with Crippen LogP contribution in [-0.2, 0) is 12.8 Å². The lowest BCUT2D eigenvalue weighted by Gasteiger charge is -2.37. The van der Waals surface area contributed by atoms with Crippen molar-refractivity contribution in [3.63, 3.8) is 0 Å². The van der Waals surface area contributed by atoms with E-state index in [0.717, 1.165) is 12.5 Å². The van der Waals surface area contributed by atoms with E-state index in [-0.39, 0.29) is 0 Å². The minimum Gasteiger partial charge on any atom is -0.330 e. The Morgan fingerprint density at radius 2 is 2.15 bits per heavy atom.